The Kier molecular flexibility index (Phi) is 5.57. The van der Waals surface area contributed by atoms with E-state index in [9.17, 15) is 14.4 Å². The molecule has 0 unspecified atom stereocenters. The molecule has 0 aromatic heterocycles. The number of hydrogen-bond acceptors (Lipinski definition) is 4. The highest BCUT2D eigenvalue weighted by Crippen LogP contribution is 2.04. The summed E-state index contributed by atoms with van der Waals surface area (Å²) in [4.78, 5) is 38.1. The van der Waals surface area contributed by atoms with Crippen LogP contribution in [0.2, 0.25) is 0 Å². The summed E-state index contributed by atoms with van der Waals surface area (Å²) < 4.78 is 0. The molecule has 0 saturated carbocycles. The van der Waals surface area contributed by atoms with Crippen LogP contribution in [0.25, 0.3) is 0 Å². The molecule has 5 heteroatoms. The average molecular weight is 249 g/mol. The summed E-state index contributed by atoms with van der Waals surface area (Å²) in [6.07, 6.45) is 1.71. The van der Waals surface area contributed by atoms with Gasteiger partial charge in [0.15, 0.2) is 0 Å². The molecule has 96 valence electrons. The fourth-order valence-electron chi connectivity index (χ4n) is 1.30. The molecule has 0 saturated heterocycles. The van der Waals surface area contributed by atoms with Gasteiger partial charge in [0.2, 0.25) is 0 Å². The SMILES string of the molecule is CN(OC(=O)c1ccccc1)C(=O)CCCC=O. The molecule has 0 heterocycles. The Balaban J connectivity index is 2.44. The zero-order valence-corrected chi connectivity index (χ0v) is 10.2. The van der Waals surface area contributed by atoms with Crippen LogP contribution in [-0.2, 0) is 14.4 Å². The standard InChI is InChI=1S/C13H15NO4/c1-14(12(16)9-5-6-10-15)18-13(17)11-7-3-2-4-8-11/h2-4,7-8,10H,5-6,9H2,1H3. The predicted octanol–water partition coefficient (Wildman–Crippen LogP) is 1.59. The van der Waals surface area contributed by atoms with Crippen molar-refractivity contribution < 1.29 is 19.2 Å². The Morgan fingerprint density at radius 3 is 2.56 bits per heavy atom. The zero-order chi connectivity index (χ0) is 13.4. The fraction of sp³-hybridized carbons (Fsp3) is 0.308. The van der Waals surface area contributed by atoms with Gasteiger partial charge in [-0.05, 0) is 18.6 Å². The molecule has 0 fully saturated rings. The van der Waals surface area contributed by atoms with Crippen LogP contribution in [0.4, 0.5) is 0 Å². The molecule has 0 spiro atoms. The first-order valence-electron chi connectivity index (χ1n) is 5.62. The second-order valence-corrected chi connectivity index (χ2v) is 3.69. The van der Waals surface area contributed by atoms with E-state index >= 15 is 0 Å². The first-order chi connectivity index (χ1) is 8.65. The third-order valence-corrected chi connectivity index (χ3v) is 2.29. The van der Waals surface area contributed by atoms with Crippen molar-refractivity contribution in [1.82, 2.24) is 5.06 Å². The minimum Gasteiger partial charge on any atom is -0.333 e. The van der Waals surface area contributed by atoms with Crippen LogP contribution < -0.4 is 0 Å². The Labute approximate surface area is 105 Å². The van der Waals surface area contributed by atoms with Gasteiger partial charge in [-0.25, -0.2) is 4.79 Å². The summed E-state index contributed by atoms with van der Waals surface area (Å²) in [6.45, 7) is 0. The molecule has 18 heavy (non-hydrogen) atoms. The summed E-state index contributed by atoms with van der Waals surface area (Å²) in [6, 6.07) is 8.41. The molecule has 5 nitrogen and oxygen atoms in total. The Morgan fingerprint density at radius 2 is 1.94 bits per heavy atom. The number of nitrogens with zero attached hydrogens (tertiary/aromatic N) is 1. The summed E-state index contributed by atoms with van der Waals surface area (Å²) in [5.41, 5.74) is 0.380. The number of carbonyl (C=O) groups excluding carboxylic acids is 3. The second kappa shape index (κ2) is 7.21. The second-order valence-electron chi connectivity index (χ2n) is 3.69. The highest BCUT2D eigenvalue weighted by atomic mass is 16.7. The molecule has 0 radical (unpaired) electrons. The maximum absolute atomic E-state index is 11.6. The van der Waals surface area contributed by atoms with E-state index in [2.05, 4.69) is 0 Å². The lowest BCUT2D eigenvalue weighted by atomic mass is 10.2. The van der Waals surface area contributed by atoms with E-state index in [-0.39, 0.29) is 12.3 Å². The maximum atomic E-state index is 11.6. The first kappa shape index (κ1) is 13.9. The molecule has 1 amide bonds. The van der Waals surface area contributed by atoms with Gasteiger partial charge in [0, 0.05) is 19.9 Å². The average Bonchev–Trinajstić information content (AvgIpc) is 2.39. The number of amides is 1. The van der Waals surface area contributed by atoms with E-state index in [0.717, 1.165) is 11.3 Å². The van der Waals surface area contributed by atoms with Gasteiger partial charge in [-0.3, -0.25) is 4.79 Å². The van der Waals surface area contributed by atoms with Crippen molar-refractivity contribution in [3.05, 3.63) is 35.9 Å². The van der Waals surface area contributed by atoms with Crippen molar-refractivity contribution in [3.8, 4) is 0 Å². The lowest BCUT2D eigenvalue weighted by Crippen LogP contribution is -2.29. The van der Waals surface area contributed by atoms with E-state index in [0.29, 0.717) is 18.4 Å². The number of unbranched alkanes of at least 4 members (excludes halogenated alkanes) is 1. The highest BCUT2D eigenvalue weighted by molar-refractivity contribution is 5.90. The van der Waals surface area contributed by atoms with Gasteiger partial charge in [-0.2, -0.15) is 5.06 Å². The topological polar surface area (TPSA) is 63.7 Å². The van der Waals surface area contributed by atoms with Crippen molar-refractivity contribution in [2.75, 3.05) is 7.05 Å². The summed E-state index contributed by atoms with van der Waals surface area (Å²) >= 11 is 0. The van der Waals surface area contributed by atoms with Crippen molar-refractivity contribution in [1.29, 1.82) is 0 Å². The minimum absolute atomic E-state index is 0.178. The number of carbonyl (C=O) groups is 3. The van der Waals surface area contributed by atoms with E-state index in [1.165, 1.54) is 7.05 Å². The summed E-state index contributed by atoms with van der Waals surface area (Å²) in [5.74, 6) is -0.914. The molecule has 0 aliphatic carbocycles. The third-order valence-electron chi connectivity index (χ3n) is 2.29. The molecule has 0 N–H and O–H groups in total. The first-order valence-corrected chi connectivity index (χ1v) is 5.62. The summed E-state index contributed by atoms with van der Waals surface area (Å²) in [7, 11) is 1.38. The van der Waals surface area contributed by atoms with Crippen molar-refractivity contribution in [2.45, 2.75) is 19.3 Å². The number of aldehydes is 1. The smallest absolute Gasteiger partial charge is 0.333 e. The monoisotopic (exact) mass is 249 g/mol. The van der Waals surface area contributed by atoms with Crippen LogP contribution in [0, 0.1) is 0 Å². The summed E-state index contributed by atoms with van der Waals surface area (Å²) in [5, 5.41) is 0.903. The lowest BCUT2D eigenvalue weighted by Gasteiger charge is -2.15. The normalized spacial score (nSPS) is 9.61. The molecule has 0 aliphatic heterocycles. The van der Waals surface area contributed by atoms with E-state index < -0.39 is 5.97 Å². The van der Waals surface area contributed by atoms with Gasteiger partial charge in [0.25, 0.3) is 5.91 Å². The van der Waals surface area contributed by atoms with Crippen LogP contribution in [-0.4, -0.2) is 30.3 Å². The largest absolute Gasteiger partial charge is 0.363 e. The Hall–Kier alpha value is -2.17. The van der Waals surface area contributed by atoms with Gasteiger partial charge in [-0.1, -0.05) is 18.2 Å². The minimum atomic E-state index is -0.582. The van der Waals surface area contributed by atoms with Crippen LogP contribution in [0.15, 0.2) is 30.3 Å². The Morgan fingerprint density at radius 1 is 1.28 bits per heavy atom. The number of hydrogen-bond donors (Lipinski definition) is 0. The lowest BCUT2D eigenvalue weighted by molar-refractivity contribution is -0.161. The number of benzene rings is 1. The Bertz CT molecular complexity index is 416. The molecular formula is C13H15NO4. The van der Waals surface area contributed by atoms with Crippen LogP contribution in [0.5, 0.6) is 0 Å². The maximum Gasteiger partial charge on any atom is 0.363 e. The third kappa shape index (κ3) is 4.37. The van der Waals surface area contributed by atoms with Crippen molar-refractivity contribution in [3.63, 3.8) is 0 Å². The van der Waals surface area contributed by atoms with Gasteiger partial charge in [0.1, 0.15) is 6.29 Å². The van der Waals surface area contributed by atoms with Crippen molar-refractivity contribution in [2.24, 2.45) is 0 Å². The van der Waals surface area contributed by atoms with Gasteiger partial charge in [0.05, 0.1) is 5.56 Å². The molecule has 0 atom stereocenters. The molecular weight excluding hydrogens is 234 g/mol. The number of rotatable bonds is 5. The predicted molar refractivity (Wildman–Crippen MR) is 64.5 cm³/mol. The molecule has 0 bridgehead atoms. The van der Waals surface area contributed by atoms with Crippen LogP contribution in [0.1, 0.15) is 29.6 Å². The van der Waals surface area contributed by atoms with Gasteiger partial charge >= 0.3 is 5.97 Å². The molecule has 1 rings (SSSR count). The number of hydroxylamine groups is 2. The van der Waals surface area contributed by atoms with Gasteiger partial charge in [-0.15, -0.1) is 0 Å². The van der Waals surface area contributed by atoms with E-state index in [1.807, 2.05) is 0 Å². The highest BCUT2D eigenvalue weighted by Gasteiger charge is 2.14. The molecule has 1 aromatic carbocycles. The van der Waals surface area contributed by atoms with E-state index in [1.54, 1.807) is 30.3 Å². The van der Waals surface area contributed by atoms with Crippen LogP contribution >= 0.6 is 0 Å². The van der Waals surface area contributed by atoms with Crippen molar-refractivity contribution >= 4 is 18.2 Å². The molecule has 1 aromatic rings. The van der Waals surface area contributed by atoms with E-state index in [4.69, 9.17) is 4.84 Å². The quantitative estimate of drug-likeness (QED) is 0.451. The zero-order valence-electron chi connectivity index (χ0n) is 10.2. The fourth-order valence-corrected chi connectivity index (χ4v) is 1.30. The van der Waals surface area contributed by atoms with Crippen LogP contribution in [0.3, 0.4) is 0 Å². The van der Waals surface area contributed by atoms with Gasteiger partial charge < -0.3 is 9.63 Å². The molecule has 0 aliphatic rings.